The molecule has 0 bridgehead atoms. The highest BCUT2D eigenvalue weighted by Gasteiger charge is 2.34. The molecule has 4 rings (SSSR count). The second-order valence-electron chi connectivity index (χ2n) is 8.83. The van der Waals surface area contributed by atoms with Crippen molar-refractivity contribution in [3.8, 4) is 0 Å². The largest absolute Gasteiger partial charge is 0.446 e. The minimum Gasteiger partial charge on any atom is -0.382 e. The number of amides is 1. The van der Waals surface area contributed by atoms with Crippen LogP contribution in [0, 0.1) is 6.92 Å². The molecule has 0 unspecified atom stereocenters. The fourth-order valence-corrected chi connectivity index (χ4v) is 4.98. The Balaban J connectivity index is 1.49. The predicted molar refractivity (Wildman–Crippen MR) is 127 cm³/mol. The lowest BCUT2D eigenvalue weighted by molar-refractivity contribution is -0.140. The van der Waals surface area contributed by atoms with Crippen LogP contribution in [0.5, 0.6) is 0 Å². The molecule has 1 aliphatic carbocycles. The second-order valence-corrected chi connectivity index (χ2v) is 9.97. The number of aromatic nitrogens is 1. The Bertz CT molecular complexity index is 1260. The van der Waals surface area contributed by atoms with Crippen molar-refractivity contribution in [1.29, 1.82) is 0 Å². The summed E-state index contributed by atoms with van der Waals surface area (Å²) in [4.78, 5) is 16.4. The number of carbonyl (C=O) groups is 1. The zero-order valence-corrected chi connectivity index (χ0v) is 19.9. The monoisotopic (exact) mass is 527 g/mol. The van der Waals surface area contributed by atoms with Gasteiger partial charge in [0, 0.05) is 33.6 Å². The van der Waals surface area contributed by atoms with Gasteiger partial charge in [0.2, 0.25) is 0 Å². The van der Waals surface area contributed by atoms with Crippen molar-refractivity contribution in [3.63, 3.8) is 0 Å². The van der Waals surface area contributed by atoms with Crippen molar-refractivity contribution in [2.45, 2.75) is 61.3 Å². The molecule has 1 fully saturated rings. The Morgan fingerprint density at radius 2 is 1.75 bits per heavy atom. The number of alkyl halides is 6. The van der Waals surface area contributed by atoms with Crippen molar-refractivity contribution >= 4 is 34.3 Å². The van der Waals surface area contributed by atoms with E-state index in [1.165, 1.54) is 24.3 Å². The first kappa shape index (κ1) is 26.1. The van der Waals surface area contributed by atoms with Crippen LogP contribution in [0.4, 0.5) is 32.0 Å². The molecular formula is C25H23F6N3OS. The van der Waals surface area contributed by atoms with Crippen LogP contribution in [0.2, 0.25) is 0 Å². The van der Waals surface area contributed by atoms with Gasteiger partial charge in [-0.1, -0.05) is 17.7 Å². The average Bonchev–Trinajstić information content (AvgIpc) is 2.78. The zero-order chi connectivity index (χ0) is 26.1. The van der Waals surface area contributed by atoms with Crippen LogP contribution in [-0.2, 0) is 6.18 Å². The number of aryl methyl sites for hydroxylation is 1. The zero-order valence-electron chi connectivity index (χ0n) is 19.1. The Labute approximate surface area is 207 Å². The third-order valence-electron chi connectivity index (χ3n) is 5.95. The molecule has 0 spiro atoms. The fraction of sp³-hybridized carbons (Fsp3) is 0.360. The number of pyridine rings is 1. The highest BCUT2D eigenvalue weighted by atomic mass is 32.2. The molecule has 1 amide bonds. The molecule has 1 aliphatic rings. The molecule has 36 heavy (non-hydrogen) atoms. The van der Waals surface area contributed by atoms with Gasteiger partial charge in [0.15, 0.2) is 0 Å². The molecule has 1 saturated carbocycles. The van der Waals surface area contributed by atoms with Crippen LogP contribution < -0.4 is 10.6 Å². The molecule has 11 heteroatoms. The molecule has 1 heterocycles. The first-order chi connectivity index (χ1) is 16.9. The maximum absolute atomic E-state index is 13.4. The van der Waals surface area contributed by atoms with Crippen LogP contribution in [0.25, 0.3) is 10.9 Å². The summed E-state index contributed by atoms with van der Waals surface area (Å²) in [6.07, 6.45) is -2.07. The summed E-state index contributed by atoms with van der Waals surface area (Å²) in [5, 5.41) is 6.66. The topological polar surface area (TPSA) is 54.0 Å². The summed E-state index contributed by atoms with van der Waals surface area (Å²) in [5.41, 5.74) is -3.89. The molecule has 192 valence electrons. The lowest BCUT2D eigenvalue weighted by atomic mass is 9.90. The molecule has 1 aromatic heterocycles. The first-order valence-electron chi connectivity index (χ1n) is 11.3. The van der Waals surface area contributed by atoms with Gasteiger partial charge in [0.1, 0.15) is 5.69 Å². The second kappa shape index (κ2) is 10.2. The number of rotatable bonds is 5. The number of thioether (sulfide) groups is 1. The molecule has 0 saturated heterocycles. The standard InChI is InChI=1S/C25H23F6N3OS/c1-14-8-9-20-19(10-14)21(13-22(34-20)24(26,27)28)32-16-5-3-6-17(12-16)33-23(35)15-4-2-7-18(11-15)36-25(29,30)31/h2,4,7-11,13,16-17H,3,5-6,12H2,1H3,(H,32,34)(H,33,35)/t16-,17+/m0/s1. The van der Waals surface area contributed by atoms with E-state index in [1.807, 2.05) is 6.92 Å². The van der Waals surface area contributed by atoms with Crippen LogP contribution in [0.3, 0.4) is 0 Å². The Morgan fingerprint density at radius 3 is 2.47 bits per heavy atom. The molecule has 0 radical (unpaired) electrons. The minimum atomic E-state index is -4.60. The molecular weight excluding hydrogens is 504 g/mol. The number of anilines is 1. The molecule has 3 aromatic rings. The van der Waals surface area contributed by atoms with E-state index in [2.05, 4.69) is 15.6 Å². The van der Waals surface area contributed by atoms with E-state index in [0.29, 0.717) is 30.3 Å². The maximum Gasteiger partial charge on any atom is 0.446 e. The Morgan fingerprint density at radius 1 is 1.00 bits per heavy atom. The van der Waals surface area contributed by atoms with E-state index < -0.39 is 23.3 Å². The number of fused-ring (bicyclic) bond motifs is 1. The van der Waals surface area contributed by atoms with Crippen LogP contribution in [-0.4, -0.2) is 28.5 Å². The third-order valence-corrected chi connectivity index (χ3v) is 6.67. The summed E-state index contributed by atoms with van der Waals surface area (Å²) in [6.45, 7) is 1.84. The summed E-state index contributed by atoms with van der Waals surface area (Å²) >= 11 is -0.291. The Hall–Kier alpha value is -2.95. The lowest BCUT2D eigenvalue weighted by Crippen LogP contribution is -2.41. The molecule has 2 N–H and O–H groups in total. The summed E-state index contributed by atoms with van der Waals surface area (Å²) in [7, 11) is 0. The van der Waals surface area contributed by atoms with E-state index in [1.54, 1.807) is 18.2 Å². The number of hydrogen-bond donors (Lipinski definition) is 2. The van der Waals surface area contributed by atoms with E-state index in [-0.39, 0.29) is 39.8 Å². The number of halogens is 6. The number of nitrogens with zero attached hydrogens (tertiary/aromatic N) is 1. The van der Waals surface area contributed by atoms with Gasteiger partial charge >= 0.3 is 11.7 Å². The number of benzene rings is 2. The highest BCUT2D eigenvalue weighted by Crippen LogP contribution is 2.37. The van der Waals surface area contributed by atoms with Crippen LogP contribution in [0.1, 0.15) is 47.3 Å². The van der Waals surface area contributed by atoms with Gasteiger partial charge in [-0.3, -0.25) is 4.79 Å². The number of carbonyl (C=O) groups excluding carboxylic acids is 1. The van der Waals surface area contributed by atoms with Crippen molar-refractivity contribution in [1.82, 2.24) is 10.3 Å². The lowest BCUT2D eigenvalue weighted by Gasteiger charge is -2.31. The molecule has 0 aliphatic heterocycles. The molecule has 4 nitrogen and oxygen atoms in total. The van der Waals surface area contributed by atoms with Crippen molar-refractivity contribution in [2.75, 3.05) is 5.32 Å². The maximum atomic E-state index is 13.4. The van der Waals surface area contributed by atoms with Crippen LogP contribution >= 0.6 is 11.8 Å². The number of hydrogen-bond acceptors (Lipinski definition) is 4. The summed E-state index contributed by atoms with van der Waals surface area (Å²) < 4.78 is 78.3. The third kappa shape index (κ3) is 6.63. The highest BCUT2D eigenvalue weighted by molar-refractivity contribution is 8.00. The van der Waals surface area contributed by atoms with E-state index >= 15 is 0 Å². The smallest absolute Gasteiger partial charge is 0.382 e. The van der Waals surface area contributed by atoms with Crippen LogP contribution in [0.15, 0.2) is 53.4 Å². The molecule has 2 aromatic carbocycles. The van der Waals surface area contributed by atoms with Gasteiger partial charge in [-0.05, 0) is 80.8 Å². The van der Waals surface area contributed by atoms with E-state index in [9.17, 15) is 31.1 Å². The Kier molecular flexibility index (Phi) is 7.40. The predicted octanol–water partition coefficient (Wildman–Crippen LogP) is 7.33. The van der Waals surface area contributed by atoms with E-state index in [0.717, 1.165) is 18.1 Å². The summed E-state index contributed by atoms with van der Waals surface area (Å²) in [6, 6.07) is 10.9. The van der Waals surface area contributed by atoms with Gasteiger partial charge in [-0.2, -0.15) is 26.3 Å². The van der Waals surface area contributed by atoms with E-state index in [4.69, 9.17) is 0 Å². The minimum absolute atomic E-state index is 0.0846. The van der Waals surface area contributed by atoms with Crippen molar-refractivity contribution in [3.05, 3.63) is 65.4 Å². The first-order valence-corrected chi connectivity index (χ1v) is 12.1. The van der Waals surface area contributed by atoms with Gasteiger partial charge in [0.25, 0.3) is 5.91 Å². The SMILES string of the molecule is Cc1ccc2nc(C(F)(F)F)cc(N[C@H]3CCC[C@@H](NC(=O)c4cccc(SC(F)(F)F)c4)C3)c2c1. The summed E-state index contributed by atoms with van der Waals surface area (Å²) in [5.74, 6) is -0.491. The quantitative estimate of drug-likeness (QED) is 0.270. The van der Waals surface area contributed by atoms with Crippen molar-refractivity contribution < 1.29 is 31.1 Å². The van der Waals surface area contributed by atoms with Gasteiger partial charge < -0.3 is 10.6 Å². The fourth-order valence-electron chi connectivity index (χ4n) is 4.38. The van der Waals surface area contributed by atoms with Gasteiger partial charge in [-0.25, -0.2) is 4.98 Å². The van der Waals surface area contributed by atoms with Gasteiger partial charge in [-0.15, -0.1) is 0 Å². The molecule has 2 atom stereocenters. The normalized spacial score (nSPS) is 18.8. The van der Waals surface area contributed by atoms with Gasteiger partial charge in [0.05, 0.1) is 5.52 Å². The average molecular weight is 528 g/mol. The van der Waals surface area contributed by atoms with Crippen molar-refractivity contribution in [2.24, 2.45) is 0 Å². The number of nitrogens with one attached hydrogen (secondary N) is 2.